The van der Waals surface area contributed by atoms with Gasteiger partial charge in [0.25, 0.3) is 0 Å². The summed E-state index contributed by atoms with van der Waals surface area (Å²) in [6, 6.07) is 10.0. The van der Waals surface area contributed by atoms with Gasteiger partial charge in [0.1, 0.15) is 34.4 Å². The predicted molar refractivity (Wildman–Crippen MR) is 199 cm³/mol. The van der Waals surface area contributed by atoms with Crippen molar-refractivity contribution in [3.8, 4) is 23.0 Å². The summed E-state index contributed by atoms with van der Waals surface area (Å²) in [7, 11) is 3.23. The van der Waals surface area contributed by atoms with Crippen LogP contribution in [0.1, 0.15) is 25.0 Å². The molecule has 2 aromatic carbocycles. The Morgan fingerprint density at radius 2 is 0.929 bits per heavy atom. The molecule has 2 aliphatic heterocycles. The number of hydrogen-bond donors (Lipinski definition) is 2. The molecule has 4 rings (SSSR count). The molecule has 0 spiro atoms. The van der Waals surface area contributed by atoms with E-state index in [2.05, 4.69) is 9.98 Å². The first kappa shape index (κ1) is 52.4. The fourth-order valence-corrected chi connectivity index (χ4v) is 6.83. The molecule has 0 aromatic heterocycles. The standard InChI is InChI=1S/2C18H25NO7S.2Na/c2*1-18(17(21)22)12-27-16(19-18)13-4-3-5-14(15(13)20)26-11-10-25-9-8-24-7-6-23-2;;/h2*3-5,20H,6-12H2,1-2H3,(H,21,22);;/q;;2*+1/p-2/t2*18-;;/m11../s1. The van der Waals surface area contributed by atoms with Crippen molar-refractivity contribution in [2.45, 2.75) is 24.9 Å². The third-order valence-corrected chi connectivity index (χ3v) is 10.2. The molecule has 2 heterocycles. The number of para-hydroxylation sites is 2. The van der Waals surface area contributed by atoms with E-state index < -0.39 is 23.0 Å². The van der Waals surface area contributed by atoms with Crippen molar-refractivity contribution >= 4 is 45.5 Å². The van der Waals surface area contributed by atoms with E-state index in [9.17, 15) is 30.0 Å². The fraction of sp³-hybridized carbons (Fsp3) is 0.556. The zero-order chi connectivity index (χ0) is 39.4. The number of ether oxygens (including phenoxy) is 8. The molecule has 0 saturated carbocycles. The van der Waals surface area contributed by atoms with Crippen molar-refractivity contribution in [1.82, 2.24) is 0 Å². The molecule has 2 atom stereocenters. The molecule has 0 radical (unpaired) electrons. The number of aliphatic carboxylic acids is 2. The smallest absolute Gasteiger partial charge is 0.547 e. The third kappa shape index (κ3) is 16.9. The zero-order valence-electron chi connectivity index (χ0n) is 32.9. The second-order valence-electron chi connectivity index (χ2n) is 12.0. The number of hydrogen-bond acceptors (Lipinski definition) is 18. The van der Waals surface area contributed by atoms with E-state index in [1.807, 2.05) is 0 Å². The summed E-state index contributed by atoms with van der Waals surface area (Å²) in [6.07, 6.45) is 0. The summed E-state index contributed by atoms with van der Waals surface area (Å²) in [5.74, 6) is -1.52. The molecule has 300 valence electrons. The Morgan fingerprint density at radius 1 is 0.607 bits per heavy atom. The van der Waals surface area contributed by atoms with Crippen LogP contribution in [0, 0.1) is 0 Å². The van der Waals surface area contributed by atoms with Gasteiger partial charge in [0.2, 0.25) is 0 Å². The molecule has 0 amide bonds. The van der Waals surface area contributed by atoms with Gasteiger partial charge in [-0.3, -0.25) is 9.98 Å². The number of carbonyl (C=O) groups is 2. The largest absolute Gasteiger partial charge is 1.00 e. The molecule has 0 unspecified atom stereocenters. The minimum absolute atomic E-state index is 0. The zero-order valence-corrected chi connectivity index (χ0v) is 38.5. The minimum atomic E-state index is -1.29. The molecule has 20 heteroatoms. The van der Waals surface area contributed by atoms with Crippen molar-refractivity contribution in [2.75, 3.05) is 105 Å². The number of phenolic OH excluding ortho intramolecular Hbond substituents is 2. The van der Waals surface area contributed by atoms with Crippen LogP contribution in [0.15, 0.2) is 46.4 Å². The average Bonchev–Trinajstić information content (AvgIpc) is 3.76. The van der Waals surface area contributed by atoms with Crippen molar-refractivity contribution < 1.29 is 127 Å². The van der Waals surface area contributed by atoms with Crippen LogP contribution in [0.25, 0.3) is 0 Å². The maximum atomic E-state index is 11.2. The SMILES string of the molecule is COCCOCCOCCOc1cccc(C2=N[C@@](C)(C(=O)[O-])CS2)c1O.COCCOCCOCCOc1cccc(C2=N[C@@](C)(C(=O)[O-])CS2)c1O.[Na+].[Na+]. The van der Waals surface area contributed by atoms with Gasteiger partial charge in [-0.1, -0.05) is 12.1 Å². The van der Waals surface area contributed by atoms with Crippen LogP contribution in [0.3, 0.4) is 0 Å². The van der Waals surface area contributed by atoms with Gasteiger partial charge in [-0.25, -0.2) is 0 Å². The average molecular weight is 843 g/mol. The van der Waals surface area contributed by atoms with Crippen LogP contribution < -0.4 is 78.8 Å². The van der Waals surface area contributed by atoms with Gasteiger partial charge in [-0.15, -0.1) is 23.5 Å². The molecule has 16 nitrogen and oxygen atoms in total. The first-order valence-electron chi connectivity index (χ1n) is 17.0. The van der Waals surface area contributed by atoms with Crippen molar-refractivity contribution in [1.29, 1.82) is 0 Å². The minimum Gasteiger partial charge on any atom is -0.547 e. The number of phenols is 2. The number of aromatic hydroxyl groups is 2. The molecule has 2 aliphatic rings. The van der Waals surface area contributed by atoms with E-state index in [4.69, 9.17) is 37.9 Å². The van der Waals surface area contributed by atoms with E-state index >= 15 is 0 Å². The molecule has 0 aliphatic carbocycles. The number of methoxy groups -OCH3 is 2. The summed E-state index contributed by atoms with van der Waals surface area (Å²) >= 11 is 2.53. The number of aliphatic imine (C=N–C) groups is 2. The summed E-state index contributed by atoms with van der Waals surface area (Å²) < 4.78 is 42.2. The van der Waals surface area contributed by atoms with E-state index in [0.29, 0.717) is 87.3 Å². The molecular formula is C36H48N2Na2O14S2. The number of carboxylic acid groups (broad SMARTS) is 2. The van der Waals surface area contributed by atoms with E-state index in [0.717, 1.165) is 0 Å². The predicted octanol–water partition coefficient (Wildman–Crippen LogP) is -5.09. The molecular weight excluding hydrogens is 795 g/mol. The first-order valence-corrected chi connectivity index (χ1v) is 19.0. The fourth-order valence-electron chi connectivity index (χ4n) is 4.45. The Kier molecular flexibility index (Phi) is 26.2. The molecule has 2 aromatic rings. The quantitative estimate of drug-likeness (QED) is 0.0747. The van der Waals surface area contributed by atoms with Gasteiger partial charge in [-0.05, 0) is 38.1 Å². The van der Waals surface area contributed by atoms with Gasteiger partial charge >= 0.3 is 59.1 Å². The number of rotatable bonds is 24. The Bertz CT molecular complexity index is 1460. The Labute approximate surface area is 380 Å². The topological polar surface area (TPSA) is 219 Å². The van der Waals surface area contributed by atoms with E-state index in [-0.39, 0.29) is 107 Å². The van der Waals surface area contributed by atoms with Crippen LogP contribution in [0.4, 0.5) is 0 Å². The molecule has 56 heavy (non-hydrogen) atoms. The van der Waals surface area contributed by atoms with Gasteiger partial charge in [0.15, 0.2) is 23.0 Å². The van der Waals surface area contributed by atoms with Crippen LogP contribution in [0.5, 0.6) is 23.0 Å². The van der Waals surface area contributed by atoms with Gasteiger partial charge in [0, 0.05) is 25.7 Å². The second-order valence-corrected chi connectivity index (χ2v) is 13.9. The van der Waals surface area contributed by atoms with Crippen LogP contribution >= 0.6 is 23.5 Å². The number of benzene rings is 2. The van der Waals surface area contributed by atoms with Crippen LogP contribution in [0.2, 0.25) is 0 Å². The number of carbonyl (C=O) groups excluding carboxylic acids is 2. The third-order valence-electron chi connectivity index (χ3n) is 7.59. The second kappa shape index (κ2) is 28.0. The number of nitrogens with zero attached hydrogens (tertiary/aromatic N) is 2. The normalized spacial score (nSPS) is 18.4. The Morgan fingerprint density at radius 3 is 1.23 bits per heavy atom. The number of carboxylic acids is 2. The molecule has 0 bridgehead atoms. The molecule has 0 saturated heterocycles. The molecule has 2 N–H and O–H groups in total. The first-order chi connectivity index (χ1) is 26.0. The maximum absolute atomic E-state index is 11.2. The van der Waals surface area contributed by atoms with Gasteiger partial charge < -0.3 is 67.9 Å². The van der Waals surface area contributed by atoms with Crippen molar-refractivity contribution in [3.63, 3.8) is 0 Å². The maximum Gasteiger partial charge on any atom is 1.00 e. The van der Waals surface area contributed by atoms with Gasteiger partial charge in [0.05, 0.1) is 89.1 Å². The monoisotopic (exact) mass is 842 g/mol. The summed E-state index contributed by atoms with van der Waals surface area (Å²) in [5, 5.41) is 44.2. The van der Waals surface area contributed by atoms with Crippen molar-refractivity contribution in [3.05, 3.63) is 47.5 Å². The summed E-state index contributed by atoms with van der Waals surface area (Å²) in [6.45, 7) is 8.15. The van der Waals surface area contributed by atoms with E-state index in [1.165, 1.54) is 37.4 Å². The Hall–Kier alpha value is -1.62. The van der Waals surface area contributed by atoms with Gasteiger partial charge in [-0.2, -0.15) is 0 Å². The number of thioether (sulfide) groups is 2. The van der Waals surface area contributed by atoms with Crippen molar-refractivity contribution in [2.24, 2.45) is 9.98 Å². The van der Waals surface area contributed by atoms with Crippen LogP contribution in [-0.2, 0) is 38.0 Å². The van der Waals surface area contributed by atoms with E-state index in [1.54, 1.807) is 50.6 Å². The Balaban J connectivity index is 0.000000541. The molecule has 0 fully saturated rings. The summed E-state index contributed by atoms with van der Waals surface area (Å²) in [5.41, 5.74) is -1.70. The van der Waals surface area contributed by atoms with Crippen LogP contribution in [-0.4, -0.2) is 148 Å². The summed E-state index contributed by atoms with van der Waals surface area (Å²) in [4.78, 5) is 30.8.